The molecule has 0 spiro atoms. The topological polar surface area (TPSA) is 53.6 Å². The molecule has 0 radical (unpaired) electrons. The molecule has 4 nitrogen and oxygen atoms in total. The minimum Gasteiger partial charge on any atom is -0.306 e. The molecule has 2 bridgehead atoms. The molecule has 11 heavy (non-hydrogen) atoms. The van der Waals surface area contributed by atoms with Crippen molar-refractivity contribution in [3.05, 3.63) is 11.9 Å². The van der Waals surface area contributed by atoms with E-state index in [2.05, 4.69) is 20.7 Å². The molecule has 1 aromatic heterocycles. The van der Waals surface area contributed by atoms with Crippen molar-refractivity contribution >= 4 is 0 Å². The van der Waals surface area contributed by atoms with Crippen LogP contribution in [0, 0.1) is 5.92 Å². The van der Waals surface area contributed by atoms with Gasteiger partial charge in [0.1, 0.15) is 5.69 Å². The zero-order valence-electron chi connectivity index (χ0n) is 6.17. The molecule has 1 aromatic rings. The van der Waals surface area contributed by atoms with Crippen molar-refractivity contribution in [2.75, 3.05) is 6.54 Å². The first-order valence-electron chi connectivity index (χ1n) is 4.00. The van der Waals surface area contributed by atoms with Gasteiger partial charge in [0.15, 0.2) is 0 Å². The van der Waals surface area contributed by atoms with Crippen LogP contribution in [0.5, 0.6) is 0 Å². The average molecular weight is 150 g/mol. The molecule has 3 heterocycles. The van der Waals surface area contributed by atoms with Gasteiger partial charge in [0.25, 0.3) is 0 Å². The second kappa shape index (κ2) is 1.64. The highest BCUT2D eigenvalue weighted by molar-refractivity contribution is 5.21. The van der Waals surface area contributed by atoms with E-state index in [-0.39, 0.29) is 5.54 Å². The van der Waals surface area contributed by atoms with Crippen LogP contribution in [0.25, 0.3) is 0 Å². The van der Waals surface area contributed by atoms with Crippen LogP contribution in [0.15, 0.2) is 6.20 Å². The maximum Gasteiger partial charge on any atom is 0.102 e. The summed E-state index contributed by atoms with van der Waals surface area (Å²) in [6, 6.07) is 0. The lowest BCUT2D eigenvalue weighted by Gasteiger charge is -2.35. The third-order valence-corrected chi connectivity index (χ3v) is 2.91. The largest absolute Gasteiger partial charge is 0.306 e. The fraction of sp³-hybridized carbons (Fsp3) is 0.714. The number of fused-ring (bicyclic) bond motifs is 1. The first-order valence-corrected chi connectivity index (χ1v) is 4.00. The van der Waals surface area contributed by atoms with Crippen LogP contribution >= 0.6 is 0 Å². The Hall–Kier alpha value is -0.900. The number of rotatable bonds is 1. The standard InChI is InChI=1S/C7H10N4/c1-5-2-7(1,8-3-5)6-4-9-11-10-6/h4-5,8H,1-3H2,(H,9,10,11). The van der Waals surface area contributed by atoms with Gasteiger partial charge in [-0.25, -0.2) is 0 Å². The molecule has 1 aliphatic carbocycles. The zero-order chi connectivity index (χ0) is 7.31. The fourth-order valence-electron chi connectivity index (χ4n) is 2.29. The summed E-state index contributed by atoms with van der Waals surface area (Å²) in [5.41, 5.74) is 1.30. The lowest BCUT2D eigenvalue weighted by atomic mass is 9.72. The Morgan fingerprint density at radius 1 is 1.55 bits per heavy atom. The molecule has 1 saturated carbocycles. The van der Waals surface area contributed by atoms with Crippen molar-refractivity contribution in [3.8, 4) is 0 Å². The molecule has 0 unspecified atom stereocenters. The van der Waals surface area contributed by atoms with Crippen LogP contribution in [-0.4, -0.2) is 22.0 Å². The summed E-state index contributed by atoms with van der Waals surface area (Å²) in [5.74, 6) is 0.895. The maximum atomic E-state index is 4.11. The third-order valence-electron chi connectivity index (χ3n) is 2.91. The van der Waals surface area contributed by atoms with Crippen molar-refractivity contribution in [2.24, 2.45) is 5.92 Å². The van der Waals surface area contributed by atoms with Crippen LogP contribution in [0.3, 0.4) is 0 Å². The van der Waals surface area contributed by atoms with Gasteiger partial charge in [0.05, 0.1) is 11.7 Å². The molecule has 2 saturated heterocycles. The minimum absolute atomic E-state index is 0.206. The van der Waals surface area contributed by atoms with E-state index in [1.807, 2.05) is 6.20 Å². The number of hydrogen-bond acceptors (Lipinski definition) is 3. The van der Waals surface area contributed by atoms with E-state index in [0.29, 0.717) is 0 Å². The summed E-state index contributed by atoms with van der Waals surface area (Å²) in [5, 5.41) is 14.1. The quantitative estimate of drug-likeness (QED) is 0.593. The highest BCUT2D eigenvalue weighted by atomic mass is 15.3. The second-order valence-electron chi connectivity index (χ2n) is 3.59. The van der Waals surface area contributed by atoms with Crippen molar-refractivity contribution in [1.82, 2.24) is 20.7 Å². The van der Waals surface area contributed by atoms with E-state index in [0.717, 1.165) is 18.2 Å². The predicted molar refractivity (Wildman–Crippen MR) is 38.8 cm³/mol. The Bertz CT molecular complexity index is 254. The van der Waals surface area contributed by atoms with Gasteiger partial charge < -0.3 is 5.32 Å². The van der Waals surface area contributed by atoms with Crippen molar-refractivity contribution in [1.29, 1.82) is 0 Å². The average Bonchev–Trinajstić information content (AvgIpc) is 2.59. The summed E-state index contributed by atoms with van der Waals surface area (Å²) in [6.45, 7) is 1.16. The minimum atomic E-state index is 0.206. The van der Waals surface area contributed by atoms with Crippen molar-refractivity contribution < 1.29 is 0 Å². The summed E-state index contributed by atoms with van der Waals surface area (Å²) in [4.78, 5) is 0. The monoisotopic (exact) mass is 150 g/mol. The molecular formula is C7H10N4. The van der Waals surface area contributed by atoms with E-state index in [1.165, 1.54) is 12.8 Å². The Labute approximate surface area is 64.4 Å². The number of H-pyrrole nitrogens is 1. The molecule has 0 amide bonds. The Morgan fingerprint density at radius 2 is 2.45 bits per heavy atom. The van der Waals surface area contributed by atoms with Crippen molar-refractivity contribution in [3.63, 3.8) is 0 Å². The lowest BCUT2D eigenvalue weighted by Crippen LogP contribution is -2.40. The maximum absolute atomic E-state index is 4.11. The van der Waals surface area contributed by atoms with Gasteiger partial charge in [0, 0.05) is 0 Å². The molecular weight excluding hydrogens is 140 g/mol. The summed E-state index contributed by atoms with van der Waals surface area (Å²) >= 11 is 0. The normalized spacial score (nSPS) is 40.5. The third kappa shape index (κ3) is 0.581. The molecule has 4 heteroatoms. The highest BCUT2D eigenvalue weighted by Gasteiger charge is 2.52. The SMILES string of the molecule is c1n[nH]nc1C12CC(CN1)C2. The first-order chi connectivity index (χ1) is 5.39. The Kier molecular flexibility index (Phi) is 0.850. The van der Waals surface area contributed by atoms with Crippen LogP contribution in [-0.2, 0) is 5.54 Å². The molecule has 2 N–H and O–H groups in total. The van der Waals surface area contributed by atoms with Gasteiger partial charge in [-0.2, -0.15) is 15.4 Å². The summed E-state index contributed by atoms with van der Waals surface area (Å²) < 4.78 is 0. The fourth-order valence-corrected chi connectivity index (χ4v) is 2.29. The molecule has 0 atom stereocenters. The number of nitrogens with one attached hydrogen (secondary N) is 2. The van der Waals surface area contributed by atoms with E-state index in [4.69, 9.17) is 0 Å². The van der Waals surface area contributed by atoms with Crippen LogP contribution < -0.4 is 5.32 Å². The van der Waals surface area contributed by atoms with Gasteiger partial charge in [0.2, 0.25) is 0 Å². The van der Waals surface area contributed by atoms with Crippen LogP contribution in [0.2, 0.25) is 0 Å². The molecule has 2 aliphatic heterocycles. The number of hydrogen-bond donors (Lipinski definition) is 2. The van der Waals surface area contributed by atoms with Crippen LogP contribution in [0.4, 0.5) is 0 Å². The number of aromatic nitrogens is 3. The van der Waals surface area contributed by atoms with Gasteiger partial charge in [-0.3, -0.25) is 0 Å². The molecule has 0 aromatic carbocycles. The molecule has 3 aliphatic rings. The molecule has 3 fully saturated rings. The van der Waals surface area contributed by atoms with Gasteiger partial charge in [-0.15, -0.1) is 0 Å². The van der Waals surface area contributed by atoms with Gasteiger partial charge in [-0.05, 0) is 25.3 Å². The summed E-state index contributed by atoms with van der Waals surface area (Å²) in [6.07, 6.45) is 4.33. The predicted octanol–water partition coefficient (Wildman–Crippen LogP) is 0.0132. The molecule has 58 valence electrons. The second-order valence-corrected chi connectivity index (χ2v) is 3.59. The number of nitrogens with zero attached hydrogens (tertiary/aromatic N) is 2. The van der Waals surface area contributed by atoms with Crippen LogP contribution in [0.1, 0.15) is 18.5 Å². The Balaban J connectivity index is 2.00. The van der Waals surface area contributed by atoms with Crippen molar-refractivity contribution in [2.45, 2.75) is 18.4 Å². The smallest absolute Gasteiger partial charge is 0.102 e. The Morgan fingerprint density at radius 3 is 3.00 bits per heavy atom. The van der Waals surface area contributed by atoms with E-state index in [9.17, 15) is 0 Å². The summed E-state index contributed by atoms with van der Waals surface area (Å²) in [7, 11) is 0. The lowest BCUT2D eigenvalue weighted by molar-refractivity contribution is 0.222. The first kappa shape index (κ1) is 5.71. The molecule has 4 rings (SSSR count). The van der Waals surface area contributed by atoms with Gasteiger partial charge >= 0.3 is 0 Å². The zero-order valence-corrected chi connectivity index (χ0v) is 6.17. The van der Waals surface area contributed by atoms with E-state index in [1.54, 1.807) is 0 Å². The van der Waals surface area contributed by atoms with E-state index >= 15 is 0 Å². The number of aromatic amines is 1. The van der Waals surface area contributed by atoms with E-state index < -0.39 is 0 Å². The van der Waals surface area contributed by atoms with Gasteiger partial charge in [-0.1, -0.05) is 0 Å². The highest BCUT2D eigenvalue weighted by Crippen LogP contribution is 2.49.